The number of urea groups is 2. The van der Waals surface area contributed by atoms with Crippen LogP contribution in [-0.4, -0.2) is 71.8 Å². The quantitative estimate of drug-likeness (QED) is 0.271. The van der Waals surface area contributed by atoms with Crippen LogP contribution in [-0.2, 0) is 6.18 Å². The number of aliphatic hydroxyl groups excluding tert-OH is 1. The van der Waals surface area contributed by atoms with E-state index in [4.69, 9.17) is 4.74 Å². The smallest absolute Gasteiger partial charge is 0.416 e. The number of benzene rings is 3. The summed E-state index contributed by atoms with van der Waals surface area (Å²) >= 11 is 0. The second kappa shape index (κ2) is 13.7. The number of halogens is 3. The summed E-state index contributed by atoms with van der Waals surface area (Å²) in [7, 11) is 1.51. The van der Waals surface area contributed by atoms with Gasteiger partial charge in [0.1, 0.15) is 6.10 Å². The minimum Gasteiger partial charge on any atom is -0.485 e. The summed E-state index contributed by atoms with van der Waals surface area (Å²) in [5.41, 5.74) is 0.276. The molecule has 13 heteroatoms. The van der Waals surface area contributed by atoms with Crippen molar-refractivity contribution in [3.05, 3.63) is 83.9 Å². The molecule has 0 bridgehead atoms. The van der Waals surface area contributed by atoms with Crippen LogP contribution in [0.4, 0.5) is 39.8 Å². The molecule has 0 saturated carbocycles. The number of fused-ring (bicyclic) bond motifs is 1. The number of hydrogen-bond acceptors (Lipinski definition) is 5. The van der Waals surface area contributed by atoms with Crippen LogP contribution < -0.4 is 20.7 Å². The number of alkyl halides is 3. The molecule has 4 N–H and O–H groups in total. The molecule has 5 amide bonds. The summed E-state index contributed by atoms with van der Waals surface area (Å²) in [4.78, 5) is 42.4. The molecule has 0 fully saturated rings. The molecule has 3 aromatic rings. The predicted octanol–water partition coefficient (Wildman–Crippen LogP) is 5.73. The Morgan fingerprint density at radius 2 is 1.66 bits per heavy atom. The highest BCUT2D eigenvalue weighted by Gasteiger charge is 2.35. The Hall–Kier alpha value is -4.78. The third-order valence-electron chi connectivity index (χ3n) is 7.24. The molecule has 0 aliphatic carbocycles. The summed E-state index contributed by atoms with van der Waals surface area (Å²) < 4.78 is 45.2. The van der Waals surface area contributed by atoms with Crippen molar-refractivity contribution in [3.63, 3.8) is 0 Å². The summed E-state index contributed by atoms with van der Waals surface area (Å²) in [6.07, 6.45) is -5.20. The Balaban J connectivity index is 1.58. The van der Waals surface area contributed by atoms with Crippen molar-refractivity contribution in [2.45, 2.75) is 32.2 Å². The van der Waals surface area contributed by atoms with Gasteiger partial charge < -0.3 is 35.6 Å². The number of ether oxygens (including phenoxy) is 1. The van der Waals surface area contributed by atoms with Gasteiger partial charge in [-0.1, -0.05) is 31.2 Å². The third-order valence-corrected chi connectivity index (χ3v) is 7.24. The van der Waals surface area contributed by atoms with E-state index in [9.17, 15) is 32.7 Å². The average Bonchev–Trinajstić information content (AvgIpc) is 2.99. The zero-order valence-corrected chi connectivity index (χ0v) is 24.4. The molecule has 234 valence electrons. The molecule has 44 heavy (non-hydrogen) atoms. The number of amides is 5. The van der Waals surface area contributed by atoms with Crippen molar-refractivity contribution in [2.75, 3.05) is 42.7 Å². The van der Waals surface area contributed by atoms with Crippen molar-refractivity contribution in [1.82, 2.24) is 9.80 Å². The highest BCUT2D eigenvalue weighted by atomic mass is 19.4. The Morgan fingerprint density at radius 3 is 2.30 bits per heavy atom. The lowest BCUT2D eigenvalue weighted by Gasteiger charge is -2.38. The Labute approximate surface area is 252 Å². The molecule has 3 aromatic carbocycles. The second-order valence-electron chi connectivity index (χ2n) is 10.6. The number of para-hydroxylation sites is 2. The van der Waals surface area contributed by atoms with E-state index in [1.165, 1.54) is 16.8 Å². The molecule has 1 aliphatic heterocycles. The molecule has 10 nitrogen and oxygen atoms in total. The van der Waals surface area contributed by atoms with Crippen LogP contribution in [0.2, 0.25) is 0 Å². The first kappa shape index (κ1) is 32.1. The number of aliphatic hydroxyl groups is 1. The molecule has 1 aliphatic rings. The van der Waals surface area contributed by atoms with Crippen LogP contribution >= 0.6 is 0 Å². The number of carbonyl (C=O) groups is 3. The highest BCUT2D eigenvalue weighted by Crippen LogP contribution is 2.35. The minimum absolute atomic E-state index is 0.0210. The first-order chi connectivity index (χ1) is 20.9. The molecule has 1 heterocycles. The normalized spacial score (nSPS) is 17.3. The van der Waals surface area contributed by atoms with Gasteiger partial charge in [-0.3, -0.25) is 4.79 Å². The van der Waals surface area contributed by atoms with Gasteiger partial charge in [-0.15, -0.1) is 0 Å². The number of hydrogen-bond donors (Lipinski definition) is 4. The summed E-state index contributed by atoms with van der Waals surface area (Å²) in [6, 6.07) is 15.9. The van der Waals surface area contributed by atoms with Crippen molar-refractivity contribution in [3.8, 4) is 5.75 Å². The summed E-state index contributed by atoms with van der Waals surface area (Å²) in [5.74, 6) is -0.648. The Bertz CT molecular complexity index is 1470. The number of nitrogens with one attached hydrogen (secondary N) is 3. The zero-order chi connectivity index (χ0) is 32.0. The van der Waals surface area contributed by atoms with E-state index in [1.54, 1.807) is 49.4 Å². The molecular weight excluding hydrogens is 579 g/mol. The lowest BCUT2D eigenvalue weighted by Crippen LogP contribution is -2.50. The fourth-order valence-electron chi connectivity index (χ4n) is 4.68. The maximum atomic E-state index is 13.7. The van der Waals surface area contributed by atoms with Crippen LogP contribution in [0.15, 0.2) is 72.8 Å². The monoisotopic (exact) mass is 613 g/mol. The van der Waals surface area contributed by atoms with Crippen LogP contribution in [0.25, 0.3) is 0 Å². The van der Waals surface area contributed by atoms with Gasteiger partial charge in [0, 0.05) is 30.9 Å². The highest BCUT2D eigenvalue weighted by molar-refractivity contribution is 6.04. The van der Waals surface area contributed by atoms with E-state index in [0.29, 0.717) is 5.69 Å². The standard InChI is InChI=1S/C31H34F3N5O5/c1-19-16-39(20(2)18-40)28(41)24-10-7-11-25(37-29(42)35-22-8-5-4-6-9-22)27(24)44-26(19)17-38(3)30(43)36-23-14-12-21(13-15-23)31(32,33)34/h4-15,19-20,26,40H,16-18H2,1-3H3,(H,36,43)(H2,35,37,42)/t19-,20+,26-/m0/s1. The first-order valence-electron chi connectivity index (χ1n) is 13.9. The van der Waals surface area contributed by atoms with Gasteiger partial charge in [0.25, 0.3) is 5.91 Å². The molecule has 0 saturated heterocycles. The lowest BCUT2D eigenvalue weighted by atomic mass is 9.99. The van der Waals surface area contributed by atoms with Gasteiger partial charge in [-0.05, 0) is 55.5 Å². The molecule has 3 atom stereocenters. The van der Waals surface area contributed by atoms with E-state index >= 15 is 0 Å². The van der Waals surface area contributed by atoms with Gasteiger partial charge in [-0.25, -0.2) is 9.59 Å². The minimum atomic E-state index is -4.50. The number of carbonyl (C=O) groups excluding carboxylic acids is 3. The average molecular weight is 614 g/mol. The molecule has 0 spiro atoms. The van der Waals surface area contributed by atoms with Crippen LogP contribution in [0.5, 0.6) is 5.75 Å². The van der Waals surface area contributed by atoms with Crippen molar-refractivity contribution in [1.29, 1.82) is 0 Å². The number of anilines is 3. The van der Waals surface area contributed by atoms with Gasteiger partial charge in [0.15, 0.2) is 5.75 Å². The van der Waals surface area contributed by atoms with E-state index in [1.807, 2.05) is 13.0 Å². The molecular formula is C31H34F3N5O5. The molecule has 4 rings (SSSR count). The summed E-state index contributed by atoms with van der Waals surface area (Å²) in [5, 5.41) is 17.9. The van der Waals surface area contributed by atoms with E-state index in [-0.39, 0.29) is 48.3 Å². The van der Waals surface area contributed by atoms with E-state index < -0.39 is 41.9 Å². The fourth-order valence-corrected chi connectivity index (χ4v) is 4.68. The van der Waals surface area contributed by atoms with E-state index in [0.717, 1.165) is 24.3 Å². The van der Waals surface area contributed by atoms with Crippen LogP contribution in [0, 0.1) is 5.92 Å². The second-order valence-corrected chi connectivity index (χ2v) is 10.6. The SMILES string of the molecule is C[C@H](CO)N1C[C@H](C)[C@H](CN(C)C(=O)Nc2ccc(C(F)(F)F)cc2)Oc2c(NC(=O)Nc3ccccc3)cccc2C1=O. The van der Waals surface area contributed by atoms with Gasteiger partial charge >= 0.3 is 18.2 Å². The van der Waals surface area contributed by atoms with Gasteiger partial charge in [0.2, 0.25) is 0 Å². The molecule has 0 aromatic heterocycles. The third kappa shape index (κ3) is 7.78. The van der Waals surface area contributed by atoms with Gasteiger partial charge in [0.05, 0.1) is 36.0 Å². The lowest BCUT2D eigenvalue weighted by molar-refractivity contribution is -0.137. The zero-order valence-electron chi connectivity index (χ0n) is 24.4. The largest absolute Gasteiger partial charge is 0.485 e. The number of nitrogens with zero attached hydrogens (tertiary/aromatic N) is 2. The van der Waals surface area contributed by atoms with Crippen molar-refractivity contribution < 1.29 is 37.4 Å². The van der Waals surface area contributed by atoms with Crippen molar-refractivity contribution >= 4 is 35.0 Å². The first-order valence-corrected chi connectivity index (χ1v) is 13.9. The topological polar surface area (TPSA) is 123 Å². The molecule has 0 unspecified atom stereocenters. The van der Waals surface area contributed by atoms with E-state index in [2.05, 4.69) is 16.0 Å². The molecule has 0 radical (unpaired) electrons. The summed E-state index contributed by atoms with van der Waals surface area (Å²) in [6.45, 7) is 3.48. The maximum Gasteiger partial charge on any atom is 0.416 e. The number of likely N-dealkylation sites (N-methyl/N-ethyl adjacent to an activating group) is 1. The van der Waals surface area contributed by atoms with Crippen LogP contribution in [0.1, 0.15) is 29.8 Å². The number of rotatable bonds is 7. The Kier molecular flexibility index (Phi) is 9.99. The van der Waals surface area contributed by atoms with Crippen molar-refractivity contribution in [2.24, 2.45) is 5.92 Å². The maximum absolute atomic E-state index is 13.7. The van der Waals surface area contributed by atoms with Gasteiger partial charge in [-0.2, -0.15) is 13.2 Å². The Morgan fingerprint density at radius 1 is 1.00 bits per heavy atom. The van der Waals surface area contributed by atoms with Crippen LogP contribution in [0.3, 0.4) is 0 Å². The predicted molar refractivity (Wildman–Crippen MR) is 160 cm³/mol. The fraction of sp³-hybridized carbons (Fsp3) is 0.323.